The second-order valence-corrected chi connectivity index (χ2v) is 12.2. The lowest BCUT2D eigenvalue weighted by Gasteiger charge is -2.40. The molecule has 2 aromatic heterocycles. The van der Waals surface area contributed by atoms with Crippen LogP contribution in [0.4, 0.5) is 5.82 Å². The predicted molar refractivity (Wildman–Crippen MR) is 141 cm³/mol. The number of fused-ring (bicyclic) bond motifs is 6. The highest BCUT2D eigenvalue weighted by molar-refractivity contribution is 7.13. The highest BCUT2D eigenvalue weighted by Crippen LogP contribution is 2.60. The maximum atomic E-state index is 11.1. The van der Waals surface area contributed by atoms with Crippen molar-refractivity contribution in [1.82, 2.24) is 13.8 Å². The largest absolute Gasteiger partial charge is 0.494 e. The lowest BCUT2D eigenvalue weighted by atomic mass is 9.78. The third kappa shape index (κ3) is 3.65. The monoisotopic (exact) mass is 492 g/mol. The van der Waals surface area contributed by atoms with Crippen molar-refractivity contribution < 1.29 is 10.2 Å². The molecule has 3 fully saturated rings. The van der Waals surface area contributed by atoms with Crippen LogP contribution in [0.2, 0.25) is 0 Å². The molecule has 4 atom stereocenters. The van der Waals surface area contributed by atoms with Crippen LogP contribution < -0.4 is 4.90 Å². The molecular weight excluding hydrogens is 456 g/mol. The third-order valence-corrected chi connectivity index (χ3v) is 10.4. The van der Waals surface area contributed by atoms with Crippen LogP contribution in [-0.2, 0) is 6.54 Å². The van der Waals surface area contributed by atoms with Crippen LogP contribution in [0.3, 0.4) is 0 Å². The van der Waals surface area contributed by atoms with E-state index in [1.54, 1.807) is 11.5 Å². The molecule has 1 aromatic carbocycles. The van der Waals surface area contributed by atoms with Crippen LogP contribution in [0.15, 0.2) is 24.3 Å². The Bertz CT molecular complexity index is 1190. The topological polar surface area (TPSA) is 64.8 Å². The number of aromatic hydroxyl groups is 2. The third-order valence-electron chi connectivity index (χ3n) is 9.54. The molecule has 7 rings (SSSR count). The van der Waals surface area contributed by atoms with E-state index in [2.05, 4.69) is 34.1 Å². The second-order valence-electron chi connectivity index (χ2n) is 11.4. The smallest absolute Gasteiger partial charge is 0.197 e. The SMILES string of the molecule is Oc1c2c(c(O)n1C[C@@H]1CCCC[C@H]1CN1CCN(c3nsc4ccccc34)CC1)C1CCC2C1. The summed E-state index contributed by atoms with van der Waals surface area (Å²) in [7, 11) is 0. The summed E-state index contributed by atoms with van der Waals surface area (Å²) in [5.74, 6) is 3.98. The molecule has 3 aliphatic carbocycles. The molecule has 2 unspecified atom stereocenters. The van der Waals surface area contributed by atoms with Crippen LogP contribution in [0, 0.1) is 11.8 Å². The average Bonchev–Trinajstić information content (AvgIpc) is 3.66. The van der Waals surface area contributed by atoms with Gasteiger partial charge in [-0.15, -0.1) is 0 Å². The molecule has 2 bridgehead atoms. The zero-order chi connectivity index (χ0) is 23.5. The Morgan fingerprint density at radius 2 is 1.49 bits per heavy atom. The first-order chi connectivity index (χ1) is 17.2. The van der Waals surface area contributed by atoms with E-state index in [-0.39, 0.29) is 0 Å². The van der Waals surface area contributed by atoms with E-state index in [4.69, 9.17) is 4.37 Å². The van der Waals surface area contributed by atoms with E-state index in [1.165, 1.54) is 48.6 Å². The van der Waals surface area contributed by atoms with Gasteiger partial charge in [-0.3, -0.25) is 9.47 Å². The van der Waals surface area contributed by atoms with Crippen molar-refractivity contribution in [2.24, 2.45) is 11.8 Å². The summed E-state index contributed by atoms with van der Waals surface area (Å²) in [6, 6.07) is 8.56. The number of piperazine rings is 1. The summed E-state index contributed by atoms with van der Waals surface area (Å²) in [5, 5.41) is 23.4. The van der Waals surface area contributed by atoms with Gasteiger partial charge in [0.1, 0.15) is 5.82 Å². The lowest BCUT2D eigenvalue weighted by molar-refractivity contribution is 0.130. The Balaban J connectivity index is 1.02. The fourth-order valence-corrected chi connectivity index (χ4v) is 8.49. The number of rotatable bonds is 5. The minimum Gasteiger partial charge on any atom is -0.494 e. The summed E-state index contributed by atoms with van der Waals surface area (Å²) in [6.07, 6.45) is 8.49. The molecule has 7 heteroatoms. The summed E-state index contributed by atoms with van der Waals surface area (Å²) >= 11 is 1.60. The van der Waals surface area contributed by atoms with Crippen molar-refractivity contribution >= 4 is 27.4 Å². The van der Waals surface area contributed by atoms with Gasteiger partial charge in [-0.05, 0) is 79.4 Å². The van der Waals surface area contributed by atoms with Crippen LogP contribution in [0.5, 0.6) is 11.8 Å². The van der Waals surface area contributed by atoms with Gasteiger partial charge in [0.25, 0.3) is 0 Å². The molecule has 2 saturated carbocycles. The Morgan fingerprint density at radius 3 is 2.20 bits per heavy atom. The maximum Gasteiger partial charge on any atom is 0.197 e. The van der Waals surface area contributed by atoms with Crippen LogP contribution in [-0.4, -0.2) is 56.8 Å². The molecule has 0 spiro atoms. The minimum atomic E-state index is 0.373. The molecule has 186 valence electrons. The van der Waals surface area contributed by atoms with Crippen LogP contribution in [0.25, 0.3) is 10.1 Å². The van der Waals surface area contributed by atoms with Crippen molar-refractivity contribution in [1.29, 1.82) is 0 Å². The first-order valence-corrected chi connectivity index (χ1v) is 14.4. The van der Waals surface area contributed by atoms with E-state index < -0.39 is 0 Å². The minimum absolute atomic E-state index is 0.373. The quantitative estimate of drug-likeness (QED) is 0.492. The van der Waals surface area contributed by atoms with Gasteiger partial charge < -0.3 is 15.1 Å². The van der Waals surface area contributed by atoms with Gasteiger partial charge in [0, 0.05) is 55.8 Å². The zero-order valence-corrected chi connectivity index (χ0v) is 21.2. The van der Waals surface area contributed by atoms with Gasteiger partial charge in [0.2, 0.25) is 0 Å². The van der Waals surface area contributed by atoms with Crippen molar-refractivity contribution in [2.75, 3.05) is 37.6 Å². The van der Waals surface area contributed by atoms with E-state index in [1.807, 2.05) is 4.57 Å². The molecule has 0 radical (unpaired) electrons. The molecule has 1 aliphatic heterocycles. The lowest BCUT2D eigenvalue weighted by Crippen LogP contribution is -2.49. The Morgan fingerprint density at radius 1 is 0.829 bits per heavy atom. The van der Waals surface area contributed by atoms with Gasteiger partial charge in [0.05, 0.1) is 4.70 Å². The van der Waals surface area contributed by atoms with Crippen LogP contribution >= 0.6 is 11.5 Å². The van der Waals surface area contributed by atoms with Crippen molar-refractivity contribution in [3.8, 4) is 11.8 Å². The summed E-state index contributed by atoms with van der Waals surface area (Å²) in [6.45, 7) is 6.10. The van der Waals surface area contributed by atoms with Crippen LogP contribution in [0.1, 0.15) is 67.9 Å². The fourth-order valence-electron chi connectivity index (χ4n) is 7.69. The number of nitrogens with zero attached hydrogens (tertiary/aromatic N) is 4. The first-order valence-electron chi connectivity index (χ1n) is 13.6. The van der Waals surface area contributed by atoms with E-state index in [0.29, 0.717) is 35.4 Å². The van der Waals surface area contributed by atoms with E-state index in [0.717, 1.165) is 62.6 Å². The molecule has 3 heterocycles. The fraction of sp³-hybridized carbons (Fsp3) is 0.607. The average molecular weight is 493 g/mol. The molecule has 4 aliphatic rings. The summed E-state index contributed by atoms with van der Waals surface area (Å²) < 4.78 is 7.92. The Hall–Kier alpha value is -2.25. The number of hydrogen-bond donors (Lipinski definition) is 2. The van der Waals surface area contributed by atoms with Gasteiger partial charge >= 0.3 is 0 Å². The number of benzene rings is 1. The molecule has 6 nitrogen and oxygen atoms in total. The van der Waals surface area contributed by atoms with Crippen molar-refractivity contribution in [3.63, 3.8) is 0 Å². The highest BCUT2D eigenvalue weighted by atomic mass is 32.1. The molecule has 2 N–H and O–H groups in total. The maximum absolute atomic E-state index is 11.1. The van der Waals surface area contributed by atoms with Crippen molar-refractivity contribution in [3.05, 3.63) is 35.4 Å². The summed E-state index contributed by atoms with van der Waals surface area (Å²) in [5.41, 5.74) is 2.16. The molecule has 3 aromatic rings. The van der Waals surface area contributed by atoms with E-state index >= 15 is 0 Å². The summed E-state index contributed by atoms with van der Waals surface area (Å²) in [4.78, 5) is 5.10. The molecular formula is C28H36N4O2S. The zero-order valence-electron chi connectivity index (χ0n) is 20.4. The van der Waals surface area contributed by atoms with E-state index in [9.17, 15) is 10.2 Å². The Labute approximate surface area is 211 Å². The van der Waals surface area contributed by atoms with Gasteiger partial charge in [-0.2, -0.15) is 4.37 Å². The standard InChI is InChI=1S/C28H36N4O2S/c33-27-24-18-9-10-19(15-18)25(24)28(34)32(27)17-21-6-2-1-5-20(21)16-30-11-13-31(14-12-30)26-22-7-3-4-8-23(22)35-29-26/h3-4,7-8,18-21,33-34H,1-2,5-6,9-17H2/t18?,19?,20-,21-/m0/s1. The first kappa shape index (κ1) is 22.0. The number of hydrogen-bond acceptors (Lipinski definition) is 6. The number of anilines is 1. The molecule has 35 heavy (non-hydrogen) atoms. The normalized spacial score (nSPS) is 28.7. The number of aromatic nitrogens is 2. The highest BCUT2D eigenvalue weighted by Gasteiger charge is 2.44. The molecule has 1 saturated heterocycles. The molecule has 0 amide bonds. The second kappa shape index (κ2) is 8.70. The Kier molecular flexibility index (Phi) is 5.46. The van der Waals surface area contributed by atoms with Gasteiger partial charge in [-0.25, -0.2) is 0 Å². The van der Waals surface area contributed by atoms with Crippen molar-refractivity contribution in [2.45, 2.75) is 63.3 Å². The van der Waals surface area contributed by atoms with Gasteiger partial charge in [0.15, 0.2) is 11.8 Å². The predicted octanol–water partition coefficient (Wildman–Crippen LogP) is 5.50. The van der Waals surface area contributed by atoms with Gasteiger partial charge in [-0.1, -0.05) is 25.0 Å².